The lowest BCUT2D eigenvalue weighted by Gasteiger charge is -2.29. The number of urea groups is 1. The van der Waals surface area contributed by atoms with Crippen LogP contribution < -0.4 is 5.32 Å². The minimum Gasteiger partial charge on any atom is -0.330 e. The van der Waals surface area contributed by atoms with Crippen molar-refractivity contribution in [3.63, 3.8) is 0 Å². The van der Waals surface area contributed by atoms with Gasteiger partial charge in [-0.05, 0) is 18.1 Å². The van der Waals surface area contributed by atoms with Crippen molar-refractivity contribution in [1.82, 2.24) is 20.0 Å². The molecule has 9 nitrogen and oxygen atoms in total. The summed E-state index contributed by atoms with van der Waals surface area (Å²) in [6.45, 7) is 0.174. The van der Waals surface area contributed by atoms with Gasteiger partial charge in [0.2, 0.25) is 11.8 Å². The number of hydrogen-bond donors (Lipinski definition) is 1. The van der Waals surface area contributed by atoms with Crippen LogP contribution in [0.3, 0.4) is 0 Å². The third-order valence-electron chi connectivity index (χ3n) is 4.76. The van der Waals surface area contributed by atoms with Gasteiger partial charge in [0.05, 0.1) is 11.1 Å². The van der Waals surface area contributed by atoms with Crippen LogP contribution in [0.2, 0.25) is 0 Å². The summed E-state index contributed by atoms with van der Waals surface area (Å²) in [4.78, 5) is 64.9. The summed E-state index contributed by atoms with van der Waals surface area (Å²) in [6.07, 6.45) is 0.398. The van der Waals surface area contributed by atoms with Crippen LogP contribution in [0.4, 0.5) is 4.79 Å². The standard InChI is InChI=1S/C18H20N4O5/c1-20(2)18(27)21(3)16(25)11-6-4-5-10-9-22(17(26)14(10)11)12-7-8-13(23)19-15(12)24/h4-6,12H,7-9H2,1-3H3,(H,19,23,24). The highest BCUT2D eigenvalue weighted by Gasteiger charge is 2.41. The summed E-state index contributed by atoms with van der Waals surface area (Å²) in [6, 6.07) is 3.58. The predicted octanol–water partition coefficient (Wildman–Crippen LogP) is 0.201. The molecule has 27 heavy (non-hydrogen) atoms. The smallest absolute Gasteiger partial charge is 0.326 e. The first kappa shape index (κ1) is 18.6. The molecule has 0 aromatic heterocycles. The SMILES string of the molecule is CN(C)C(=O)N(C)C(=O)c1cccc2c1C(=O)N(C1CCC(=O)NC1=O)C2. The van der Waals surface area contributed by atoms with Gasteiger partial charge in [-0.3, -0.25) is 29.4 Å². The Balaban J connectivity index is 1.91. The minimum atomic E-state index is -0.758. The van der Waals surface area contributed by atoms with Gasteiger partial charge >= 0.3 is 6.03 Å². The van der Waals surface area contributed by atoms with Crippen molar-refractivity contribution < 1.29 is 24.0 Å². The Morgan fingerprint density at radius 3 is 2.48 bits per heavy atom. The van der Waals surface area contributed by atoms with E-state index >= 15 is 0 Å². The van der Waals surface area contributed by atoms with Gasteiger partial charge in [0, 0.05) is 34.1 Å². The topological polar surface area (TPSA) is 107 Å². The zero-order valence-corrected chi connectivity index (χ0v) is 15.3. The van der Waals surface area contributed by atoms with Crippen molar-refractivity contribution in [3.05, 3.63) is 34.9 Å². The monoisotopic (exact) mass is 372 g/mol. The van der Waals surface area contributed by atoms with Crippen LogP contribution in [0.5, 0.6) is 0 Å². The molecule has 3 rings (SSSR count). The van der Waals surface area contributed by atoms with Gasteiger partial charge in [-0.2, -0.15) is 0 Å². The summed E-state index contributed by atoms with van der Waals surface area (Å²) in [7, 11) is 4.40. The van der Waals surface area contributed by atoms with E-state index in [1.807, 2.05) is 0 Å². The molecule has 1 fully saturated rings. The van der Waals surface area contributed by atoms with Crippen molar-refractivity contribution in [2.75, 3.05) is 21.1 Å². The van der Waals surface area contributed by atoms with Gasteiger partial charge in [-0.25, -0.2) is 4.79 Å². The quantitative estimate of drug-likeness (QED) is 0.747. The molecular weight excluding hydrogens is 352 g/mol. The molecule has 1 unspecified atom stereocenters. The number of nitrogens with one attached hydrogen (secondary N) is 1. The molecule has 1 saturated heterocycles. The Kier molecular flexibility index (Phi) is 4.69. The molecule has 1 aromatic carbocycles. The number of benzene rings is 1. The molecular formula is C18H20N4O5. The Labute approximate surface area is 155 Å². The van der Waals surface area contributed by atoms with Gasteiger partial charge in [-0.1, -0.05) is 12.1 Å². The summed E-state index contributed by atoms with van der Waals surface area (Å²) >= 11 is 0. The van der Waals surface area contributed by atoms with Crippen LogP contribution in [0, 0.1) is 0 Å². The predicted molar refractivity (Wildman–Crippen MR) is 93.7 cm³/mol. The normalized spacial score (nSPS) is 18.9. The van der Waals surface area contributed by atoms with E-state index in [2.05, 4.69) is 5.32 Å². The molecule has 0 spiro atoms. The van der Waals surface area contributed by atoms with E-state index in [-0.39, 0.29) is 36.4 Å². The lowest BCUT2D eigenvalue weighted by atomic mass is 10.0. The van der Waals surface area contributed by atoms with Crippen LogP contribution in [0.15, 0.2) is 18.2 Å². The number of carbonyl (C=O) groups is 5. The average Bonchev–Trinajstić information content (AvgIpc) is 2.96. The van der Waals surface area contributed by atoms with Crippen LogP contribution in [0.25, 0.3) is 0 Å². The average molecular weight is 372 g/mol. The van der Waals surface area contributed by atoms with Gasteiger partial charge < -0.3 is 9.80 Å². The maximum absolute atomic E-state index is 13.0. The summed E-state index contributed by atoms with van der Waals surface area (Å²) in [5, 5.41) is 2.24. The molecule has 2 aliphatic heterocycles. The van der Waals surface area contributed by atoms with Gasteiger partial charge in [0.1, 0.15) is 6.04 Å². The third kappa shape index (κ3) is 3.16. The maximum Gasteiger partial charge on any atom is 0.326 e. The molecule has 1 atom stereocenters. The number of nitrogens with zero attached hydrogens (tertiary/aromatic N) is 3. The molecule has 0 bridgehead atoms. The third-order valence-corrected chi connectivity index (χ3v) is 4.76. The zero-order chi connectivity index (χ0) is 19.9. The first-order chi connectivity index (χ1) is 12.7. The van der Waals surface area contributed by atoms with Crippen molar-refractivity contribution in [3.8, 4) is 0 Å². The second-order valence-corrected chi connectivity index (χ2v) is 6.78. The van der Waals surface area contributed by atoms with Crippen LogP contribution in [0.1, 0.15) is 39.1 Å². The van der Waals surface area contributed by atoms with Crippen LogP contribution in [-0.4, -0.2) is 71.5 Å². The fourth-order valence-corrected chi connectivity index (χ4v) is 3.36. The number of fused-ring (bicyclic) bond motifs is 1. The van der Waals surface area contributed by atoms with E-state index < -0.39 is 29.8 Å². The highest BCUT2D eigenvalue weighted by molar-refractivity contribution is 6.14. The van der Waals surface area contributed by atoms with Crippen molar-refractivity contribution in [2.24, 2.45) is 0 Å². The molecule has 1 N–H and O–H groups in total. The van der Waals surface area contributed by atoms with E-state index in [9.17, 15) is 24.0 Å². The number of hydrogen-bond acceptors (Lipinski definition) is 5. The molecule has 1 aromatic rings. The Morgan fingerprint density at radius 1 is 1.15 bits per heavy atom. The highest BCUT2D eigenvalue weighted by Crippen LogP contribution is 2.30. The lowest BCUT2D eigenvalue weighted by molar-refractivity contribution is -0.136. The van der Waals surface area contributed by atoms with Gasteiger partial charge in [0.25, 0.3) is 11.8 Å². The molecule has 142 valence electrons. The molecule has 0 radical (unpaired) electrons. The number of rotatable bonds is 2. The molecule has 2 heterocycles. The molecule has 6 amide bonds. The summed E-state index contributed by atoms with van der Waals surface area (Å²) < 4.78 is 0. The fraction of sp³-hybridized carbons (Fsp3) is 0.389. The van der Waals surface area contributed by atoms with Crippen molar-refractivity contribution in [1.29, 1.82) is 0 Å². The molecule has 9 heteroatoms. The molecule has 0 saturated carbocycles. The number of piperidine rings is 1. The Hall–Kier alpha value is -3.23. The highest BCUT2D eigenvalue weighted by atomic mass is 16.2. The van der Waals surface area contributed by atoms with E-state index in [1.165, 1.54) is 37.0 Å². The van der Waals surface area contributed by atoms with Crippen molar-refractivity contribution >= 4 is 29.7 Å². The van der Waals surface area contributed by atoms with E-state index in [0.717, 1.165) is 4.90 Å². The number of carbonyl (C=O) groups excluding carboxylic acids is 5. The Bertz CT molecular complexity index is 863. The molecule has 0 aliphatic carbocycles. The second-order valence-electron chi connectivity index (χ2n) is 6.78. The lowest BCUT2D eigenvalue weighted by Crippen LogP contribution is -2.52. The first-order valence-corrected chi connectivity index (χ1v) is 8.48. The fourth-order valence-electron chi connectivity index (χ4n) is 3.36. The van der Waals surface area contributed by atoms with Gasteiger partial charge in [-0.15, -0.1) is 0 Å². The first-order valence-electron chi connectivity index (χ1n) is 8.48. The summed E-state index contributed by atoms with van der Waals surface area (Å²) in [5.41, 5.74) is 0.928. The largest absolute Gasteiger partial charge is 0.330 e. The zero-order valence-electron chi connectivity index (χ0n) is 15.3. The number of amides is 6. The number of imide groups is 2. The van der Waals surface area contributed by atoms with Crippen LogP contribution >= 0.6 is 0 Å². The second kappa shape index (κ2) is 6.82. The van der Waals surface area contributed by atoms with E-state index in [0.29, 0.717) is 5.56 Å². The van der Waals surface area contributed by atoms with E-state index in [4.69, 9.17) is 0 Å². The maximum atomic E-state index is 13.0. The van der Waals surface area contributed by atoms with Gasteiger partial charge in [0.15, 0.2) is 0 Å². The van der Waals surface area contributed by atoms with Crippen molar-refractivity contribution in [2.45, 2.75) is 25.4 Å². The van der Waals surface area contributed by atoms with Crippen LogP contribution in [-0.2, 0) is 16.1 Å². The van der Waals surface area contributed by atoms with E-state index in [1.54, 1.807) is 12.1 Å². The minimum absolute atomic E-state index is 0.116. The summed E-state index contributed by atoms with van der Waals surface area (Å²) in [5.74, 6) is -1.92. The Morgan fingerprint density at radius 2 is 1.85 bits per heavy atom. The molecule has 2 aliphatic rings.